The summed E-state index contributed by atoms with van der Waals surface area (Å²) in [5.41, 5.74) is 0. The third kappa shape index (κ3) is 8.40. The summed E-state index contributed by atoms with van der Waals surface area (Å²) in [5, 5.41) is 3.62. The zero-order valence-corrected chi connectivity index (χ0v) is 9.84. The second kappa shape index (κ2) is 9.39. The van der Waals surface area contributed by atoms with Gasteiger partial charge < -0.3 is 5.32 Å². The molecular formula is C8H16BrNOS. The zero-order chi connectivity index (χ0) is 9.23. The van der Waals surface area contributed by atoms with E-state index in [1.54, 1.807) is 0 Å². The lowest BCUT2D eigenvalue weighted by atomic mass is 10.3. The van der Waals surface area contributed by atoms with Crippen molar-refractivity contribution in [3.63, 3.8) is 0 Å². The molecule has 0 rings (SSSR count). The van der Waals surface area contributed by atoms with Crippen LogP contribution in [-0.4, -0.2) is 29.8 Å². The molecule has 0 unspecified atom stereocenters. The molecule has 0 aromatic carbocycles. The van der Waals surface area contributed by atoms with Crippen molar-refractivity contribution in [1.82, 2.24) is 5.32 Å². The highest BCUT2D eigenvalue weighted by molar-refractivity contribution is 9.09. The minimum atomic E-state index is 0.149. The second-order valence-electron chi connectivity index (χ2n) is 2.49. The van der Waals surface area contributed by atoms with Crippen molar-refractivity contribution in [2.24, 2.45) is 0 Å². The molecule has 2 nitrogen and oxygen atoms in total. The molecule has 0 saturated heterocycles. The third-order valence-electron chi connectivity index (χ3n) is 1.42. The van der Waals surface area contributed by atoms with Gasteiger partial charge in [0.05, 0.1) is 0 Å². The Hall–Kier alpha value is 0.300. The first-order chi connectivity index (χ1) is 5.81. The number of carbonyl (C=O) groups excluding carboxylic acids is 1. The molecule has 4 heteroatoms. The van der Waals surface area contributed by atoms with E-state index in [0.29, 0.717) is 6.42 Å². The topological polar surface area (TPSA) is 29.1 Å². The fourth-order valence-electron chi connectivity index (χ4n) is 0.773. The predicted molar refractivity (Wildman–Crippen MR) is 59.0 cm³/mol. The van der Waals surface area contributed by atoms with Gasteiger partial charge in [-0.05, 0) is 24.9 Å². The summed E-state index contributed by atoms with van der Waals surface area (Å²) in [6.45, 7) is 0.826. The second-order valence-corrected chi connectivity index (χ2v) is 4.27. The maximum Gasteiger partial charge on any atom is 0.220 e. The number of rotatable bonds is 7. The Labute approximate surface area is 87.0 Å². The molecule has 0 radical (unpaired) electrons. The third-order valence-corrected chi connectivity index (χ3v) is 2.51. The lowest BCUT2D eigenvalue weighted by Crippen LogP contribution is -2.24. The minimum absolute atomic E-state index is 0.149. The molecule has 0 aliphatic carbocycles. The molecular weight excluding hydrogens is 238 g/mol. The van der Waals surface area contributed by atoms with Crippen LogP contribution in [0.4, 0.5) is 0 Å². The molecule has 0 saturated carbocycles. The normalized spacial score (nSPS) is 9.83. The van der Waals surface area contributed by atoms with Crippen molar-refractivity contribution in [3.8, 4) is 0 Å². The molecule has 0 heterocycles. The summed E-state index contributed by atoms with van der Waals surface area (Å²) >= 11 is 5.07. The van der Waals surface area contributed by atoms with Crippen LogP contribution in [-0.2, 0) is 4.79 Å². The Kier molecular flexibility index (Phi) is 9.62. The molecule has 1 amide bonds. The van der Waals surface area contributed by atoms with Crippen molar-refractivity contribution in [2.45, 2.75) is 19.3 Å². The molecule has 0 aromatic heterocycles. The smallest absolute Gasteiger partial charge is 0.220 e. The van der Waals surface area contributed by atoms with Crippen LogP contribution in [0.5, 0.6) is 0 Å². The highest BCUT2D eigenvalue weighted by Gasteiger charge is 1.97. The standard InChI is InChI=1S/C8H16BrNOS/c1-12-7-3-2-6-10-8(11)4-5-9/h2-7H2,1H3,(H,10,11). The number of nitrogens with one attached hydrogen (secondary N) is 1. The van der Waals surface area contributed by atoms with E-state index < -0.39 is 0 Å². The maximum absolute atomic E-state index is 10.9. The average molecular weight is 254 g/mol. The number of thioether (sulfide) groups is 1. The fourth-order valence-corrected chi connectivity index (χ4v) is 1.63. The largest absolute Gasteiger partial charge is 0.356 e. The van der Waals surface area contributed by atoms with Crippen molar-refractivity contribution >= 4 is 33.6 Å². The number of hydrogen-bond acceptors (Lipinski definition) is 2. The van der Waals surface area contributed by atoms with Gasteiger partial charge in [-0.2, -0.15) is 11.8 Å². The van der Waals surface area contributed by atoms with Gasteiger partial charge >= 0.3 is 0 Å². The van der Waals surface area contributed by atoms with Crippen LogP contribution in [0.1, 0.15) is 19.3 Å². The highest BCUT2D eigenvalue weighted by Crippen LogP contribution is 1.97. The Morgan fingerprint density at radius 3 is 2.83 bits per heavy atom. The van der Waals surface area contributed by atoms with E-state index in [-0.39, 0.29) is 5.91 Å². The van der Waals surface area contributed by atoms with Crippen LogP contribution < -0.4 is 5.32 Å². The van der Waals surface area contributed by atoms with E-state index in [9.17, 15) is 4.79 Å². The molecule has 0 fully saturated rings. The number of alkyl halides is 1. The molecule has 12 heavy (non-hydrogen) atoms. The van der Waals surface area contributed by atoms with E-state index >= 15 is 0 Å². The van der Waals surface area contributed by atoms with Crippen LogP contribution in [0.25, 0.3) is 0 Å². The molecule has 72 valence electrons. The van der Waals surface area contributed by atoms with Crippen LogP contribution in [0.3, 0.4) is 0 Å². The van der Waals surface area contributed by atoms with Crippen LogP contribution >= 0.6 is 27.7 Å². The van der Waals surface area contributed by atoms with Gasteiger partial charge in [0.25, 0.3) is 0 Å². The van der Waals surface area contributed by atoms with E-state index in [0.717, 1.165) is 18.3 Å². The number of carbonyl (C=O) groups is 1. The average Bonchev–Trinajstić information content (AvgIpc) is 2.05. The Bertz CT molecular complexity index is 122. The van der Waals surface area contributed by atoms with Crippen molar-refractivity contribution in [3.05, 3.63) is 0 Å². The van der Waals surface area contributed by atoms with Gasteiger partial charge in [0, 0.05) is 18.3 Å². The van der Waals surface area contributed by atoms with Crippen molar-refractivity contribution in [1.29, 1.82) is 0 Å². The summed E-state index contributed by atoms with van der Waals surface area (Å²) in [6.07, 6.45) is 4.97. The van der Waals surface area contributed by atoms with Gasteiger partial charge in [-0.15, -0.1) is 0 Å². The zero-order valence-electron chi connectivity index (χ0n) is 7.44. The highest BCUT2D eigenvalue weighted by atomic mass is 79.9. The summed E-state index contributed by atoms with van der Waals surface area (Å²) < 4.78 is 0. The number of hydrogen-bond donors (Lipinski definition) is 1. The lowest BCUT2D eigenvalue weighted by molar-refractivity contribution is -0.120. The van der Waals surface area contributed by atoms with Gasteiger partial charge in [0.2, 0.25) is 5.91 Å². The lowest BCUT2D eigenvalue weighted by Gasteiger charge is -2.02. The van der Waals surface area contributed by atoms with Crippen molar-refractivity contribution < 1.29 is 4.79 Å². The van der Waals surface area contributed by atoms with Gasteiger partial charge in [-0.3, -0.25) is 4.79 Å². The number of amides is 1. The molecule has 1 N–H and O–H groups in total. The predicted octanol–water partition coefficient (Wildman–Crippen LogP) is 2.03. The summed E-state index contributed by atoms with van der Waals surface area (Å²) in [4.78, 5) is 10.9. The molecule has 0 aliphatic heterocycles. The Morgan fingerprint density at radius 2 is 2.25 bits per heavy atom. The van der Waals surface area contributed by atoms with Crippen molar-refractivity contribution in [2.75, 3.05) is 23.9 Å². The van der Waals surface area contributed by atoms with Crippen LogP contribution in [0, 0.1) is 0 Å². The van der Waals surface area contributed by atoms with Gasteiger partial charge in [0.15, 0.2) is 0 Å². The van der Waals surface area contributed by atoms with E-state index in [1.807, 2.05) is 11.8 Å². The Balaban J connectivity index is 3.03. The summed E-state index contributed by atoms with van der Waals surface area (Å²) in [6, 6.07) is 0. The molecule has 0 aromatic rings. The Morgan fingerprint density at radius 1 is 1.50 bits per heavy atom. The van der Waals surface area contributed by atoms with Gasteiger partial charge in [-0.1, -0.05) is 15.9 Å². The molecule has 0 spiro atoms. The molecule has 0 bridgehead atoms. The molecule has 0 aliphatic rings. The van der Waals surface area contributed by atoms with E-state index in [4.69, 9.17) is 0 Å². The minimum Gasteiger partial charge on any atom is -0.356 e. The SMILES string of the molecule is CSCCCCNC(=O)CCBr. The molecule has 0 atom stereocenters. The van der Waals surface area contributed by atoms with E-state index in [1.165, 1.54) is 12.2 Å². The van der Waals surface area contributed by atoms with E-state index in [2.05, 4.69) is 27.5 Å². The number of unbranched alkanes of at least 4 members (excludes halogenated alkanes) is 1. The fraction of sp³-hybridized carbons (Fsp3) is 0.875. The quantitative estimate of drug-likeness (QED) is 0.556. The first-order valence-corrected chi connectivity index (χ1v) is 6.64. The first-order valence-electron chi connectivity index (χ1n) is 4.13. The first kappa shape index (κ1) is 12.3. The summed E-state index contributed by atoms with van der Waals surface area (Å²) in [7, 11) is 0. The van der Waals surface area contributed by atoms with Gasteiger partial charge in [-0.25, -0.2) is 0 Å². The van der Waals surface area contributed by atoms with Crippen LogP contribution in [0.15, 0.2) is 0 Å². The maximum atomic E-state index is 10.9. The van der Waals surface area contributed by atoms with Crippen LogP contribution in [0.2, 0.25) is 0 Å². The van der Waals surface area contributed by atoms with Gasteiger partial charge in [0.1, 0.15) is 0 Å². The number of halogens is 1. The monoisotopic (exact) mass is 253 g/mol. The summed E-state index contributed by atoms with van der Waals surface area (Å²) in [5.74, 6) is 1.34.